The third-order valence-electron chi connectivity index (χ3n) is 5.04. The Morgan fingerprint density at radius 2 is 1.96 bits per heavy atom. The molecule has 2 amide bonds. The number of carbonyl (C=O) groups is 2. The van der Waals surface area contributed by atoms with Crippen LogP contribution in [0.15, 0.2) is 18.2 Å². The zero-order valence-electron chi connectivity index (χ0n) is 14.8. The lowest BCUT2D eigenvalue weighted by atomic mass is 9.96. The van der Waals surface area contributed by atoms with Crippen LogP contribution in [0.1, 0.15) is 31.2 Å². The van der Waals surface area contributed by atoms with Gasteiger partial charge in [-0.25, -0.2) is 4.39 Å². The van der Waals surface area contributed by atoms with Crippen molar-refractivity contribution < 1.29 is 14.0 Å². The topological polar surface area (TPSA) is 52.7 Å². The highest BCUT2D eigenvalue weighted by Gasteiger charge is 2.31. The van der Waals surface area contributed by atoms with Crippen molar-refractivity contribution in [3.05, 3.63) is 29.6 Å². The van der Waals surface area contributed by atoms with Crippen LogP contribution in [0, 0.1) is 18.7 Å². The van der Waals surface area contributed by atoms with Gasteiger partial charge in [0.2, 0.25) is 11.8 Å². The third-order valence-corrected chi connectivity index (χ3v) is 5.04. The molecular formula is C19H26FN3O2. The summed E-state index contributed by atoms with van der Waals surface area (Å²) >= 11 is 0. The van der Waals surface area contributed by atoms with Gasteiger partial charge in [0.05, 0.1) is 18.2 Å². The number of anilines is 1. The number of rotatable bonds is 4. The van der Waals surface area contributed by atoms with E-state index in [9.17, 15) is 14.0 Å². The van der Waals surface area contributed by atoms with Crippen LogP contribution >= 0.6 is 0 Å². The molecule has 0 saturated carbocycles. The van der Waals surface area contributed by atoms with Gasteiger partial charge in [0.25, 0.3) is 0 Å². The summed E-state index contributed by atoms with van der Waals surface area (Å²) in [6, 6.07) is 4.66. The number of benzene rings is 1. The SMILES string of the molecule is Cc1ccc(F)c(NC(=O)CN2CCC[C@@H](C(=O)N3CCCC3)C2)c1. The minimum atomic E-state index is -0.431. The number of hydrogen-bond donors (Lipinski definition) is 1. The van der Waals surface area contributed by atoms with Crippen LogP contribution in [0.3, 0.4) is 0 Å². The number of piperidine rings is 1. The second-order valence-corrected chi connectivity index (χ2v) is 7.14. The van der Waals surface area contributed by atoms with Crippen molar-refractivity contribution in [3.63, 3.8) is 0 Å². The number of halogens is 1. The number of aryl methyl sites for hydroxylation is 1. The molecule has 0 radical (unpaired) electrons. The zero-order chi connectivity index (χ0) is 17.8. The van der Waals surface area contributed by atoms with E-state index in [1.165, 1.54) is 6.07 Å². The Kier molecular flexibility index (Phi) is 5.68. The van der Waals surface area contributed by atoms with Gasteiger partial charge in [-0.1, -0.05) is 6.07 Å². The first-order valence-electron chi connectivity index (χ1n) is 9.10. The summed E-state index contributed by atoms with van der Waals surface area (Å²) < 4.78 is 13.8. The van der Waals surface area contributed by atoms with Crippen molar-refractivity contribution in [1.29, 1.82) is 0 Å². The van der Waals surface area contributed by atoms with Gasteiger partial charge in [-0.05, 0) is 56.8 Å². The van der Waals surface area contributed by atoms with E-state index in [1.54, 1.807) is 12.1 Å². The number of amides is 2. The smallest absolute Gasteiger partial charge is 0.238 e. The fourth-order valence-corrected chi connectivity index (χ4v) is 3.72. The number of nitrogens with zero attached hydrogens (tertiary/aromatic N) is 2. The van der Waals surface area contributed by atoms with Crippen molar-refractivity contribution in [2.24, 2.45) is 5.92 Å². The second-order valence-electron chi connectivity index (χ2n) is 7.14. The number of likely N-dealkylation sites (tertiary alicyclic amines) is 2. The molecule has 2 aliphatic rings. The highest BCUT2D eigenvalue weighted by Crippen LogP contribution is 2.21. The molecule has 0 aliphatic carbocycles. The van der Waals surface area contributed by atoms with Crippen molar-refractivity contribution in [3.8, 4) is 0 Å². The Bertz CT molecular complexity index is 644. The molecule has 1 N–H and O–H groups in total. The summed E-state index contributed by atoms with van der Waals surface area (Å²) in [5.74, 6) is -0.457. The van der Waals surface area contributed by atoms with E-state index in [0.29, 0.717) is 6.54 Å². The van der Waals surface area contributed by atoms with Gasteiger partial charge in [0, 0.05) is 19.6 Å². The van der Waals surface area contributed by atoms with Crippen molar-refractivity contribution >= 4 is 17.5 Å². The Hall–Kier alpha value is -1.95. The largest absolute Gasteiger partial charge is 0.342 e. The molecule has 0 aromatic heterocycles. The Morgan fingerprint density at radius 1 is 1.20 bits per heavy atom. The second kappa shape index (κ2) is 7.95. The quantitative estimate of drug-likeness (QED) is 0.910. The van der Waals surface area contributed by atoms with Gasteiger partial charge >= 0.3 is 0 Å². The molecule has 1 atom stereocenters. The fraction of sp³-hybridized carbons (Fsp3) is 0.579. The molecule has 0 unspecified atom stereocenters. The molecule has 2 fully saturated rings. The van der Waals surface area contributed by atoms with Crippen LogP contribution < -0.4 is 5.32 Å². The highest BCUT2D eigenvalue weighted by molar-refractivity contribution is 5.92. The predicted octanol–water partition coefficient (Wildman–Crippen LogP) is 2.41. The lowest BCUT2D eigenvalue weighted by Crippen LogP contribution is -2.46. The molecule has 1 aromatic rings. The summed E-state index contributed by atoms with van der Waals surface area (Å²) in [5, 5.41) is 2.65. The maximum atomic E-state index is 13.8. The monoisotopic (exact) mass is 347 g/mol. The maximum Gasteiger partial charge on any atom is 0.238 e. The van der Waals surface area contributed by atoms with E-state index in [0.717, 1.165) is 50.9 Å². The number of carbonyl (C=O) groups excluding carboxylic acids is 2. The zero-order valence-corrected chi connectivity index (χ0v) is 14.8. The molecule has 2 aliphatic heterocycles. The van der Waals surface area contributed by atoms with Gasteiger partial charge in [0.1, 0.15) is 5.82 Å². The predicted molar refractivity (Wildman–Crippen MR) is 94.7 cm³/mol. The maximum absolute atomic E-state index is 13.8. The first kappa shape index (κ1) is 17.9. The van der Waals surface area contributed by atoms with Crippen molar-refractivity contribution in [2.75, 3.05) is 38.0 Å². The van der Waals surface area contributed by atoms with E-state index in [4.69, 9.17) is 0 Å². The summed E-state index contributed by atoms with van der Waals surface area (Å²) in [7, 11) is 0. The van der Waals surface area contributed by atoms with Crippen LogP contribution in [-0.4, -0.2) is 54.3 Å². The van der Waals surface area contributed by atoms with Gasteiger partial charge < -0.3 is 10.2 Å². The molecule has 3 rings (SSSR count). The molecule has 1 aromatic carbocycles. The van der Waals surface area contributed by atoms with Gasteiger partial charge in [0.15, 0.2) is 0 Å². The summed E-state index contributed by atoms with van der Waals surface area (Å²) in [6.45, 7) is 5.18. The highest BCUT2D eigenvalue weighted by atomic mass is 19.1. The molecule has 0 spiro atoms. The van der Waals surface area contributed by atoms with Crippen LogP contribution in [0.25, 0.3) is 0 Å². The van der Waals surface area contributed by atoms with Crippen LogP contribution in [0.2, 0.25) is 0 Å². The minimum absolute atomic E-state index is 0.0182. The summed E-state index contributed by atoms with van der Waals surface area (Å²) in [4.78, 5) is 28.8. The average Bonchev–Trinajstić information content (AvgIpc) is 3.12. The third kappa shape index (κ3) is 4.57. The molecule has 25 heavy (non-hydrogen) atoms. The molecular weight excluding hydrogens is 321 g/mol. The molecule has 2 saturated heterocycles. The summed E-state index contributed by atoms with van der Waals surface area (Å²) in [5.41, 5.74) is 1.11. The van der Waals surface area contributed by atoms with Crippen LogP contribution in [0.4, 0.5) is 10.1 Å². The van der Waals surface area contributed by atoms with Gasteiger partial charge in [-0.3, -0.25) is 14.5 Å². The number of nitrogens with one attached hydrogen (secondary N) is 1. The Balaban J connectivity index is 1.54. The Labute approximate surface area is 148 Å². The van der Waals surface area contributed by atoms with E-state index in [1.807, 2.05) is 16.7 Å². The molecule has 2 heterocycles. The average molecular weight is 347 g/mol. The molecule has 136 valence electrons. The molecule has 5 nitrogen and oxygen atoms in total. The van der Waals surface area contributed by atoms with Crippen LogP contribution in [0.5, 0.6) is 0 Å². The molecule has 0 bridgehead atoms. The fourth-order valence-electron chi connectivity index (χ4n) is 3.72. The van der Waals surface area contributed by atoms with Crippen molar-refractivity contribution in [2.45, 2.75) is 32.6 Å². The van der Waals surface area contributed by atoms with E-state index < -0.39 is 5.82 Å². The molecule has 6 heteroatoms. The van der Waals surface area contributed by atoms with Crippen LogP contribution in [-0.2, 0) is 9.59 Å². The summed E-state index contributed by atoms with van der Waals surface area (Å²) in [6.07, 6.45) is 3.98. The lowest BCUT2D eigenvalue weighted by molar-refractivity contribution is -0.136. The van der Waals surface area contributed by atoms with E-state index >= 15 is 0 Å². The lowest BCUT2D eigenvalue weighted by Gasteiger charge is -2.33. The Morgan fingerprint density at radius 3 is 2.72 bits per heavy atom. The van der Waals surface area contributed by atoms with E-state index in [2.05, 4.69) is 5.32 Å². The van der Waals surface area contributed by atoms with E-state index in [-0.39, 0.29) is 30.0 Å². The standard InChI is InChI=1S/C19H26FN3O2/c1-14-6-7-16(20)17(11-14)21-18(24)13-22-8-4-5-15(12-22)19(25)23-9-2-3-10-23/h6-7,11,15H,2-5,8-10,12-13H2,1H3,(H,21,24)/t15-/m1/s1. The van der Waals surface area contributed by atoms with Crippen molar-refractivity contribution in [1.82, 2.24) is 9.80 Å². The first-order valence-corrected chi connectivity index (χ1v) is 9.10. The first-order chi connectivity index (χ1) is 12.0. The number of hydrogen-bond acceptors (Lipinski definition) is 3. The normalized spacial score (nSPS) is 21.4. The van der Waals surface area contributed by atoms with Gasteiger partial charge in [-0.15, -0.1) is 0 Å². The minimum Gasteiger partial charge on any atom is -0.342 e. The van der Waals surface area contributed by atoms with Gasteiger partial charge in [-0.2, -0.15) is 0 Å².